The SMILES string of the molecule is Nc1ccc(-c2ccnc3[nH]ccc23)c2c1C(=O)CC2. The molecule has 2 aromatic heterocycles. The lowest BCUT2D eigenvalue weighted by Gasteiger charge is -2.11. The normalized spacial score (nSPS) is 13.9. The summed E-state index contributed by atoms with van der Waals surface area (Å²) in [7, 11) is 0. The number of rotatable bonds is 1. The number of carbonyl (C=O) groups excluding carboxylic acids is 1. The van der Waals surface area contributed by atoms with Gasteiger partial charge in [-0.3, -0.25) is 4.79 Å². The minimum atomic E-state index is 0.152. The van der Waals surface area contributed by atoms with Crippen molar-refractivity contribution in [3.63, 3.8) is 0 Å². The van der Waals surface area contributed by atoms with Crippen LogP contribution in [-0.2, 0) is 6.42 Å². The first-order valence-electron chi connectivity index (χ1n) is 6.63. The minimum Gasteiger partial charge on any atom is -0.398 e. The van der Waals surface area contributed by atoms with E-state index in [1.165, 1.54) is 0 Å². The number of pyridine rings is 1. The van der Waals surface area contributed by atoms with Gasteiger partial charge in [0.1, 0.15) is 5.65 Å². The van der Waals surface area contributed by atoms with Crippen molar-refractivity contribution in [2.75, 3.05) is 5.73 Å². The molecule has 0 radical (unpaired) electrons. The van der Waals surface area contributed by atoms with Crippen LogP contribution >= 0.6 is 0 Å². The Morgan fingerprint density at radius 3 is 2.90 bits per heavy atom. The number of nitrogens with zero attached hydrogens (tertiary/aromatic N) is 1. The van der Waals surface area contributed by atoms with Crippen LogP contribution in [0.4, 0.5) is 5.69 Å². The number of fused-ring (bicyclic) bond motifs is 2. The Hall–Kier alpha value is -2.62. The molecule has 0 aliphatic heterocycles. The number of Topliss-reactive ketones (excluding diaryl/α,β-unsaturated/α-hetero) is 1. The van der Waals surface area contributed by atoms with Crippen LogP contribution in [0.5, 0.6) is 0 Å². The molecule has 4 heteroatoms. The van der Waals surface area contributed by atoms with Gasteiger partial charge in [-0.05, 0) is 41.3 Å². The standard InChI is InChI=1S/C16H13N3O/c17-13-3-1-9(11-2-4-14(20)15(11)13)10-5-7-18-16-12(10)6-8-19-16/h1,3,5-8H,2,4,17H2,(H,18,19). The number of nitrogen functional groups attached to an aromatic ring is 1. The molecule has 4 rings (SSSR count). The average molecular weight is 263 g/mol. The van der Waals surface area contributed by atoms with E-state index in [0.717, 1.165) is 34.1 Å². The second-order valence-corrected chi connectivity index (χ2v) is 5.08. The van der Waals surface area contributed by atoms with Gasteiger partial charge in [0.25, 0.3) is 0 Å². The summed E-state index contributed by atoms with van der Waals surface area (Å²) in [4.78, 5) is 19.4. The number of carbonyl (C=O) groups is 1. The van der Waals surface area contributed by atoms with Crippen LogP contribution in [0.2, 0.25) is 0 Å². The Kier molecular flexibility index (Phi) is 2.21. The highest BCUT2D eigenvalue weighted by Crippen LogP contribution is 2.37. The molecule has 4 nitrogen and oxygen atoms in total. The first-order chi connectivity index (χ1) is 9.75. The van der Waals surface area contributed by atoms with E-state index >= 15 is 0 Å². The quantitative estimate of drug-likeness (QED) is 0.663. The molecule has 3 N–H and O–H groups in total. The van der Waals surface area contributed by atoms with Gasteiger partial charge in [0.05, 0.1) is 0 Å². The van der Waals surface area contributed by atoms with Gasteiger partial charge in [-0.25, -0.2) is 4.98 Å². The van der Waals surface area contributed by atoms with E-state index in [1.807, 2.05) is 30.5 Å². The molecule has 20 heavy (non-hydrogen) atoms. The zero-order valence-electron chi connectivity index (χ0n) is 10.8. The zero-order chi connectivity index (χ0) is 13.7. The van der Waals surface area contributed by atoms with Gasteiger partial charge in [0.2, 0.25) is 0 Å². The van der Waals surface area contributed by atoms with Gasteiger partial charge >= 0.3 is 0 Å². The third kappa shape index (κ3) is 1.42. The highest BCUT2D eigenvalue weighted by Gasteiger charge is 2.25. The van der Waals surface area contributed by atoms with Crippen LogP contribution in [0, 0.1) is 0 Å². The topological polar surface area (TPSA) is 71.8 Å². The van der Waals surface area contributed by atoms with Crippen LogP contribution in [0.1, 0.15) is 22.3 Å². The lowest BCUT2D eigenvalue weighted by atomic mass is 9.95. The number of H-pyrrole nitrogens is 1. The van der Waals surface area contributed by atoms with Gasteiger partial charge < -0.3 is 10.7 Å². The molecule has 2 heterocycles. The first-order valence-corrected chi connectivity index (χ1v) is 6.63. The van der Waals surface area contributed by atoms with E-state index in [0.29, 0.717) is 17.7 Å². The molecular formula is C16H13N3O. The molecule has 0 fully saturated rings. The van der Waals surface area contributed by atoms with Gasteiger partial charge in [-0.2, -0.15) is 0 Å². The summed E-state index contributed by atoms with van der Waals surface area (Å²) in [5, 5.41) is 1.07. The summed E-state index contributed by atoms with van der Waals surface area (Å²) >= 11 is 0. The van der Waals surface area contributed by atoms with Crippen molar-refractivity contribution in [2.24, 2.45) is 0 Å². The van der Waals surface area contributed by atoms with Gasteiger partial charge in [-0.15, -0.1) is 0 Å². The highest BCUT2D eigenvalue weighted by molar-refractivity contribution is 6.08. The Bertz CT molecular complexity index is 848. The van der Waals surface area contributed by atoms with Crippen molar-refractivity contribution in [3.8, 4) is 11.1 Å². The van der Waals surface area contributed by atoms with Crippen molar-refractivity contribution in [2.45, 2.75) is 12.8 Å². The summed E-state index contributed by atoms with van der Waals surface area (Å²) < 4.78 is 0. The minimum absolute atomic E-state index is 0.152. The number of nitrogens with two attached hydrogens (primary N) is 1. The summed E-state index contributed by atoms with van der Waals surface area (Å²) in [6.45, 7) is 0. The van der Waals surface area contributed by atoms with Crippen molar-refractivity contribution < 1.29 is 4.79 Å². The van der Waals surface area contributed by atoms with E-state index in [-0.39, 0.29) is 5.78 Å². The number of hydrogen-bond acceptors (Lipinski definition) is 3. The molecular weight excluding hydrogens is 250 g/mol. The summed E-state index contributed by atoms with van der Waals surface area (Å²) in [6, 6.07) is 7.84. The van der Waals surface area contributed by atoms with Crippen molar-refractivity contribution in [3.05, 3.63) is 47.8 Å². The molecule has 0 spiro atoms. The van der Waals surface area contributed by atoms with E-state index in [9.17, 15) is 4.79 Å². The predicted molar refractivity (Wildman–Crippen MR) is 78.6 cm³/mol. The summed E-state index contributed by atoms with van der Waals surface area (Å²) in [5.74, 6) is 0.152. The second kappa shape index (κ2) is 3.93. The number of anilines is 1. The predicted octanol–water partition coefficient (Wildman–Crippen LogP) is 2.94. The lowest BCUT2D eigenvalue weighted by molar-refractivity contribution is 0.0995. The second-order valence-electron chi connectivity index (χ2n) is 5.08. The molecule has 0 saturated carbocycles. The molecule has 1 aliphatic carbocycles. The third-order valence-corrected chi connectivity index (χ3v) is 3.98. The van der Waals surface area contributed by atoms with Crippen LogP contribution in [-0.4, -0.2) is 15.8 Å². The molecule has 0 bridgehead atoms. The third-order valence-electron chi connectivity index (χ3n) is 3.98. The maximum absolute atomic E-state index is 12.0. The van der Waals surface area contributed by atoms with Gasteiger partial charge in [0.15, 0.2) is 5.78 Å². The van der Waals surface area contributed by atoms with Crippen molar-refractivity contribution in [1.82, 2.24) is 9.97 Å². The Labute approximate surface area is 115 Å². The maximum atomic E-state index is 12.0. The Morgan fingerprint density at radius 2 is 2.00 bits per heavy atom. The zero-order valence-corrected chi connectivity index (χ0v) is 10.8. The number of ketones is 1. The summed E-state index contributed by atoms with van der Waals surface area (Å²) in [5.41, 5.74) is 11.4. The van der Waals surface area contributed by atoms with Gasteiger partial charge in [-0.1, -0.05) is 6.07 Å². The number of benzene rings is 1. The fraction of sp³-hybridized carbons (Fsp3) is 0.125. The van der Waals surface area contributed by atoms with Crippen molar-refractivity contribution >= 4 is 22.5 Å². The molecule has 0 unspecified atom stereocenters. The molecule has 0 atom stereocenters. The number of hydrogen-bond donors (Lipinski definition) is 2. The number of aromatic nitrogens is 2. The average Bonchev–Trinajstić information content (AvgIpc) is 3.06. The highest BCUT2D eigenvalue weighted by atomic mass is 16.1. The molecule has 1 aliphatic rings. The van der Waals surface area contributed by atoms with E-state index in [2.05, 4.69) is 9.97 Å². The Balaban J connectivity index is 2.05. The molecule has 3 aromatic rings. The van der Waals surface area contributed by atoms with E-state index < -0.39 is 0 Å². The van der Waals surface area contributed by atoms with Crippen LogP contribution in [0.15, 0.2) is 36.7 Å². The van der Waals surface area contributed by atoms with Gasteiger partial charge in [0, 0.05) is 35.5 Å². The molecule has 98 valence electrons. The number of nitrogens with one attached hydrogen (secondary N) is 1. The smallest absolute Gasteiger partial charge is 0.165 e. The van der Waals surface area contributed by atoms with E-state index in [1.54, 1.807) is 6.20 Å². The van der Waals surface area contributed by atoms with E-state index in [4.69, 9.17) is 5.73 Å². The van der Waals surface area contributed by atoms with Crippen LogP contribution in [0.25, 0.3) is 22.2 Å². The maximum Gasteiger partial charge on any atom is 0.165 e. The fourth-order valence-electron chi connectivity index (χ4n) is 3.07. The monoisotopic (exact) mass is 263 g/mol. The molecule has 0 amide bonds. The molecule has 1 aromatic carbocycles. The first kappa shape index (κ1) is 11.2. The summed E-state index contributed by atoms with van der Waals surface area (Å²) in [6.07, 6.45) is 4.98. The van der Waals surface area contributed by atoms with Crippen LogP contribution in [0.3, 0.4) is 0 Å². The van der Waals surface area contributed by atoms with Crippen molar-refractivity contribution in [1.29, 1.82) is 0 Å². The largest absolute Gasteiger partial charge is 0.398 e. The fourth-order valence-corrected chi connectivity index (χ4v) is 3.07. The number of aromatic amines is 1. The van der Waals surface area contributed by atoms with Crippen LogP contribution < -0.4 is 5.73 Å². The molecule has 0 saturated heterocycles. The Morgan fingerprint density at radius 1 is 1.10 bits per heavy atom. The lowest BCUT2D eigenvalue weighted by Crippen LogP contribution is -2.00.